The van der Waals surface area contributed by atoms with Crippen LogP contribution in [0, 0.1) is 6.92 Å². The van der Waals surface area contributed by atoms with Crippen molar-refractivity contribution in [2.45, 2.75) is 31.8 Å². The van der Waals surface area contributed by atoms with Gasteiger partial charge >= 0.3 is 0 Å². The van der Waals surface area contributed by atoms with E-state index >= 15 is 0 Å². The van der Waals surface area contributed by atoms with Crippen LogP contribution >= 0.6 is 0 Å². The first-order valence-electron chi connectivity index (χ1n) is 7.68. The Morgan fingerprint density at radius 1 is 1.39 bits per heavy atom. The second-order valence-corrected chi connectivity index (χ2v) is 6.12. The first kappa shape index (κ1) is 15.6. The second kappa shape index (κ2) is 5.70. The largest absolute Gasteiger partial charge is 0.461 e. The lowest BCUT2D eigenvalue weighted by Gasteiger charge is -2.37. The highest BCUT2D eigenvalue weighted by atomic mass is 16.3. The summed E-state index contributed by atoms with van der Waals surface area (Å²) < 4.78 is 5.67. The van der Waals surface area contributed by atoms with Crippen molar-refractivity contribution >= 4 is 22.8 Å². The third-order valence-corrected chi connectivity index (χ3v) is 4.51. The molecule has 1 aliphatic rings. The molecule has 1 aromatic carbocycles. The van der Waals surface area contributed by atoms with E-state index in [-0.39, 0.29) is 18.9 Å². The lowest BCUT2D eigenvalue weighted by atomic mass is 9.91. The van der Waals surface area contributed by atoms with Crippen LogP contribution in [0.2, 0.25) is 0 Å². The predicted molar refractivity (Wildman–Crippen MR) is 84.6 cm³/mol. The lowest BCUT2D eigenvalue weighted by molar-refractivity contribution is -0.148. The minimum atomic E-state index is -1.62. The number of nitrogens with two attached hydrogens (primary N) is 1. The van der Waals surface area contributed by atoms with E-state index in [1.807, 2.05) is 31.2 Å². The van der Waals surface area contributed by atoms with E-state index in [0.29, 0.717) is 25.1 Å². The summed E-state index contributed by atoms with van der Waals surface area (Å²) in [6.45, 7) is 2.30. The molecule has 1 aromatic heterocycles. The van der Waals surface area contributed by atoms with Gasteiger partial charge in [0.05, 0.1) is 13.0 Å². The molecule has 0 unspecified atom stereocenters. The van der Waals surface area contributed by atoms with Gasteiger partial charge in [0, 0.05) is 17.5 Å². The monoisotopic (exact) mass is 316 g/mol. The predicted octanol–water partition coefficient (Wildman–Crippen LogP) is 1.12. The maximum Gasteiger partial charge on any atom is 0.251 e. The van der Waals surface area contributed by atoms with Gasteiger partial charge in [-0.05, 0) is 25.8 Å². The summed E-state index contributed by atoms with van der Waals surface area (Å²) in [5, 5.41) is 11.2. The number of amides is 2. The summed E-state index contributed by atoms with van der Waals surface area (Å²) in [7, 11) is 0. The molecule has 0 radical (unpaired) electrons. The number of hydrogen-bond acceptors (Lipinski definition) is 4. The Morgan fingerprint density at radius 2 is 2.13 bits per heavy atom. The fourth-order valence-electron chi connectivity index (χ4n) is 3.15. The number of nitrogens with zero attached hydrogens (tertiary/aromatic N) is 1. The Labute approximate surface area is 133 Å². The summed E-state index contributed by atoms with van der Waals surface area (Å²) in [5.74, 6) is -0.208. The molecule has 2 aromatic rings. The Morgan fingerprint density at radius 3 is 2.87 bits per heavy atom. The van der Waals surface area contributed by atoms with Gasteiger partial charge in [-0.1, -0.05) is 18.2 Å². The number of aryl methyl sites for hydroxylation is 1. The van der Waals surface area contributed by atoms with Crippen molar-refractivity contribution < 1.29 is 19.1 Å². The molecule has 1 fully saturated rings. The molecule has 0 bridgehead atoms. The summed E-state index contributed by atoms with van der Waals surface area (Å²) in [6, 6.07) is 7.57. The number of β-amino-alcohol motifs (C(OH)–C–C–N with tert-alkyl or cyclic N) is 1. The number of primary amides is 1. The molecule has 0 saturated carbocycles. The summed E-state index contributed by atoms with van der Waals surface area (Å²) in [4.78, 5) is 25.5. The van der Waals surface area contributed by atoms with E-state index in [1.54, 1.807) is 0 Å². The molecule has 1 saturated heterocycles. The van der Waals surface area contributed by atoms with E-state index in [4.69, 9.17) is 10.2 Å². The maximum atomic E-state index is 12.6. The zero-order chi connectivity index (χ0) is 16.6. The minimum Gasteiger partial charge on any atom is -0.461 e. The summed E-state index contributed by atoms with van der Waals surface area (Å²) in [5.41, 5.74) is 5.23. The molecule has 1 atom stereocenters. The van der Waals surface area contributed by atoms with Crippen LogP contribution in [0.5, 0.6) is 0 Å². The second-order valence-electron chi connectivity index (χ2n) is 6.12. The lowest BCUT2D eigenvalue weighted by Crippen LogP contribution is -2.57. The van der Waals surface area contributed by atoms with Crippen LogP contribution in [0.15, 0.2) is 28.7 Å². The number of fused-ring (bicyclic) bond motifs is 1. The molecular weight excluding hydrogens is 296 g/mol. The molecule has 1 aliphatic heterocycles. The minimum absolute atomic E-state index is 0.0456. The van der Waals surface area contributed by atoms with Crippen LogP contribution in [-0.4, -0.2) is 40.5 Å². The third-order valence-electron chi connectivity index (χ3n) is 4.51. The van der Waals surface area contributed by atoms with Crippen LogP contribution in [0.25, 0.3) is 11.0 Å². The molecule has 6 heteroatoms. The molecule has 3 N–H and O–H groups in total. The van der Waals surface area contributed by atoms with Gasteiger partial charge in [-0.3, -0.25) is 9.59 Å². The number of benzene rings is 1. The number of likely N-dealkylation sites (tertiary alicyclic amines) is 1. The first-order chi connectivity index (χ1) is 10.9. The van der Waals surface area contributed by atoms with E-state index < -0.39 is 11.5 Å². The molecule has 0 aliphatic carbocycles. The van der Waals surface area contributed by atoms with Crippen molar-refractivity contribution in [3.8, 4) is 0 Å². The zero-order valence-electron chi connectivity index (χ0n) is 13.0. The highest BCUT2D eigenvalue weighted by Gasteiger charge is 2.40. The summed E-state index contributed by atoms with van der Waals surface area (Å²) >= 11 is 0. The Kier molecular flexibility index (Phi) is 3.85. The van der Waals surface area contributed by atoms with Crippen LogP contribution in [0.4, 0.5) is 0 Å². The molecule has 0 spiro atoms. The Balaban J connectivity index is 1.81. The topological polar surface area (TPSA) is 96.8 Å². The molecule has 3 rings (SSSR count). The van der Waals surface area contributed by atoms with Gasteiger partial charge in [-0.2, -0.15) is 0 Å². The highest BCUT2D eigenvalue weighted by molar-refractivity contribution is 5.89. The number of para-hydroxylation sites is 1. The van der Waals surface area contributed by atoms with Gasteiger partial charge < -0.3 is 20.2 Å². The molecule has 122 valence electrons. The molecule has 6 nitrogen and oxygen atoms in total. The number of carbonyl (C=O) groups excluding carboxylic acids is 2. The quantitative estimate of drug-likeness (QED) is 0.887. The van der Waals surface area contributed by atoms with Gasteiger partial charge in [-0.15, -0.1) is 0 Å². The molecule has 23 heavy (non-hydrogen) atoms. The van der Waals surface area contributed by atoms with Gasteiger partial charge in [-0.25, -0.2) is 0 Å². The van der Waals surface area contributed by atoms with Crippen molar-refractivity contribution in [2.75, 3.05) is 13.1 Å². The van der Waals surface area contributed by atoms with E-state index in [1.165, 1.54) is 4.90 Å². The SMILES string of the molecule is Cc1oc2ccccc2c1CC(=O)N1CCC[C@@](O)(C(N)=O)C1. The van der Waals surface area contributed by atoms with Crippen molar-refractivity contribution in [2.24, 2.45) is 5.73 Å². The van der Waals surface area contributed by atoms with Crippen molar-refractivity contribution in [3.05, 3.63) is 35.6 Å². The van der Waals surface area contributed by atoms with Crippen LogP contribution in [0.3, 0.4) is 0 Å². The average molecular weight is 316 g/mol. The maximum absolute atomic E-state index is 12.6. The normalized spacial score (nSPS) is 21.6. The van der Waals surface area contributed by atoms with Crippen LogP contribution < -0.4 is 5.73 Å². The fraction of sp³-hybridized carbons (Fsp3) is 0.412. The molecular formula is C17H20N2O4. The molecule has 2 amide bonds. The average Bonchev–Trinajstić information content (AvgIpc) is 2.83. The highest BCUT2D eigenvalue weighted by Crippen LogP contribution is 2.27. The number of rotatable bonds is 3. The van der Waals surface area contributed by atoms with Crippen molar-refractivity contribution in [3.63, 3.8) is 0 Å². The first-order valence-corrected chi connectivity index (χ1v) is 7.68. The zero-order valence-corrected chi connectivity index (χ0v) is 13.0. The number of piperidine rings is 1. The number of aliphatic hydroxyl groups is 1. The van der Waals surface area contributed by atoms with Crippen molar-refractivity contribution in [1.82, 2.24) is 4.90 Å². The number of hydrogen-bond donors (Lipinski definition) is 2. The Bertz CT molecular complexity index is 767. The Hall–Kier alpha value is -2.34. The van der Waals surface area contributed by atoms with Crippen molar-refractivity contribution in [1.29, 1.82) is 0 Å². The van der Waals surface area contributed by atoms with E-state index in [2.05, 4.69) is 0 Å². The third kappa shape index (κ3) is 2.82. The van der Waals surface area contributed by atoms with Gasteiger partial charge in [0.2, 0.25) is 5.91 Å². The fourth-order valence-corrected chi connectivity index (χ4v) is 3.15. The van der Waals surface area contributed by atoms with Crippen LogP contribution in [-0.2, 0) is 16.0 Å². The number of furan rings is 1. The standard InChI is InChI=1S/C17H20N2O4/c1-11-13(12-5-2-3-6-14(12)23-11)9-15(20)19-8-4-7-17(22,10-19)16(18)21/h2-3,5-6,22H,4,7-10H2,1H3,(H2,18,21)/t17-/m0/s1. The van der Waals surface area contributed by atoms with Crippen LogP contribution in [0.1, 0.15) is 24.2 Å². The van der Waals surface area contributed by atoms with E-state index in [0.717, 1.165) is 16.5 Å². The van der Waals surface area contributed by atoms with Gasteiger partial charge in [0.15, 0.2) is 5.60 Å². The summed E-state index contributed by atoms with van der Waals surface area (Å²) in [6.07, 6.45) is 1.02. The van der Waals surface area contributed by atoms with Gasteiger partial charge in [0.25, 0.3) is 5.91 Å². The smallest absolute Gasteiger partial charge is 0.251 e. The van der Waals surface area contributed by atoms with Gasteiger partial charge in [0.1, 0.15) is 11.3 Å². The number of carbonyl (C=O) groups is 2. The molecule has 2 heterocycles. The van der Waals surface area contributed by atoms with E-state index in [9.17, 15) is 14.7 Å².